The van der Waals surface area contributed by atoms with Crippen molar-refractivity contribution in [1.29, 1.82) is 0 Å². The minimum atomic E-state index is -0.0743. The molecule has 0 saturated heterocycles. The van der Waals surface area contributed by atoms with Gasteiger partial charge in [0.25, 0.3) is 5.91 Å². The van der Waals surface area contributed by atoms with Crippen LogP contribution >= 0.6 is 24.0 Å². The van der Waals surface area contributed by atoms with Crippen LogP contribution in [0.3, 0.4) is 0 Å². The fraction of sp³-hybridized carbons (Fsp3) is 0.263. The maximum absolute atomic E-state index is 11.7. The Kier molecular flexibility index (Phi) is 6.81. The Morgan fingerprint density at radius 1 is 1.20 bits per heavy atom. The van der Waals surface area contributed by atoms with Crippen LogP contribution in [0.25, 0.3) is 0 Å². The summed E-state index contributed by atoms with van der Waals surface area (Å²) in [6, 6.07) is 16.0. The van der Waals surface area contributed by atoms with Gasteiger partial charge in [-0.1, -0.05) is 30.3 Å². The molecular formula is C19H23IN4O. The van der Waals surface area contributed by atoms with E-state index in [9.17, 15) is 4.79 Å². The van der Waals surface area contributed by atoms with Crippen LogP contribution in [0.4, 0.5) is 5.69 Å². The minimum absolute atomic E-state index is 0. The molecule has 3 rings (SSSR count). The molecule has 0 saturated carbocycles. The Bertz CT molecular complexity index is 776. The molecule has 1 heterocycles. The molecule has 6 heteroatoms. The zero-order chi connectivity index (χ0) is 16.9. The number of benzene rings is 2. The Morgan fingerprint density at radius 3 is 2.76 bits per heavy atom. The van der Waals surface area contributed by atoms with Crippen molar-refractivity contribution in [3.63, 3.8) is 0 Å². The maximum atomic E-state index is 11.7. The molecule has 1 amide bonds. The lowest BCUT2D eigenvalue weighted by Crippen LogP contribution is -2.40. The smallest absolute Gasteiger partial charge is 0.251 e. The SMILES string of the molecule is CN=C(NCc1cccc(C(=O)NC)c1)N1CCc2ccccc21.I. The lowest BCUT2D eigenvalue weighted by Gasteiger charge is -2.22. The van der Waals surface area contributed by atoms with Crippen LogP contribution in [-0.2, 0) is 13.0 Å². The number of hydrogen-bond donors (Lipinski definition) is 2. The van der Waals surface area contributed by atoms with Crippen LogP contribution in [0.2, 0.25) is 0 Å². The molecule has 1 aliphatic heterocycles. The fourth-order valence-electron chi connectivity index (χ4n) is 3.00. The van der Waals surface area contributed by atoms with E-state index in [2.05, 4.69) is 44.8 Å². The zero-order valence-corrected chi connectivity index (χ0v) is 16.8. The highest BCUT2D eigenvalue weighted by molar-refractivity contribution is 14.0. The van der Waals surface area contributed by atoms with E-state index in [1.54, 1.807) is 14.1 Å². The van der Waals surface area contributed by atoms with E-state index in [0.29, 0.717) is 12.1 Å². The molecule has 1 aliphatic rings. The third-order valence-electron chi connectivity index (χ3n) is 4.22. The topological polar surface area (TPSA) is 56.7 Å². The molecule has 0 bridgehead atoms. The zero-order valence-electron chi connectivity index (χ0n) is 14.5. The first-order valence-corrected chi connectivity index (χ1v) is 8.10. The van der Waals surface area contributed by atoms with Crippen LogP contribution in [0.15, 0.2) is 53.5 Å². The summed E-state index contributed by atoms with van der Waals surface area (Å²) >= 11 is 0. The van der Waals surface area contributed by atoms with Crippen LogP contribution < -0.4 is 15.5 Å². The predicted molar refractivity (Wildman–Crippen MR) is 113 cm³/mol. The molecule has 0 fully saturated rings. The van der Waals surface area contributed by atoms with Crippen LogP contribution in [-0.4, -0.2) is 32.5 Å². The van der Waals surface area contributed by atoms with Crippen molar-refractivity contribution < 1.29 is 4.79 Å². The second-order valence-electron chi connectivity index (χ2n) is 5.71. The summed E-state index contributed by atoms with van der Waals surface area (Å²) in [5, 5.41) is 6.05. The number of nitrogens with zero attached hydrogens (tertiary/aromatic N) is 2. The van der Waals surface area contributed by atoms with E-state index in [-0.39, 0.29) is 29.9 Å². The summed E-state index contributed by atoms with van der Waals surface area (Å²) in [6.45, 7) is 1.55. The van der Waals surface area contributed by atoms with Crippen molar-refractivity contribution >= 4 is 41.5 Å². The van der Waals surface area contributed by atoms with Gasteiger partial charge in [-0.2, -0.15) is 0 Å². The van der Waals surface area contributed by atoms with Gasteiger partial charge in [-0.25, -0.2) is 0 Å². The Labute approximate surface area is 165 Å². The van der Waals surface area contributed by atoms with Gasteiger partial charge in [-0.15, -0.1) is 24.0 Å². The Balaban J connectivity index is 0.00000225. The molecule has 0 aromatic heterocycles. The molecule has 2 aromatic rings. The molecule has 25 heavy (non-hydrogen) atoms. The second-order valence-corrected chi connectivity index (χ2v) is 5.71. The van der Waals surface area contributed by atoms with Crippen molar-refractivity contribution in [2.75, 3.05) is 25.5 Å². The maximum Gasteiger partial charge on any atom is 0.251 e. The Hall–Kier alpha value is -2.09. The fourth-order valence-corrected chi connectivity index (χ4v) is 3.00. The average molecular weight is 450 g/mol. The third-order valence-corrected chi connectivity index (χ3v) is 4.22. The summed E-state index contributed by atoms with van der Waals surface area (Å²) in [7, 11) is 3.43. The van der Waals surface area contributed by atoms with E-state index in [1.807, 2.05) is 24.3 Å². The van der Waals surface area contributed by atoms with Gasteiger partial charge < -0.3 is 15.5 Å². The van der Waals surface area contributed by atoms with E-state index in [4.69, 9.17) is 0 Å². The lowest BCUT2D eigenvalue weighted by atomic mass is 10.1. The number of carbonyl (C=O) groups is 1. The number of rotatable bonds is 3. The average Bonchev–Trinajstić information content (AvgIpc) is 3.06. The first-order valence-electron chi connectivity index (χ1n) is 8.10. The number of amides is 1. The molecule has 5 nitrogen and oxygen atoms in total. The summed E-state index contributed by atoms with van der Waals surface area (Å²) < 4.78 is 0. The first-order chi connectivity index (χ1) is 11.7. The summed E-state index contributed by atoms with van der Waals surface area (Å²) in [5.74, 6) is 0.778. The molecule has 132 valence electrons. The van der Waals surface area contributed by atoms with E-state index in [1.165, 1.54) is 11.3 Å². The van der Waals surface area contributed by atoms with Crippen molar-refractivity contribution in [2.45, 2.75) is 13.0 Å². The monoisotopic (exact) mass is 450 g/mol. The quantitative estimate of drug-likeness (QED) is 0.430. The number of fused-ring (bicyclic) bond motifs is 1. The summed E-state index contributed by atoms with van der Waals surface area (Å²) in [5.41, 5.74) is 4.27. The highest BCUT2D eigenvalue weighted by atomic mass is 127. The lowest BCUT2D eigenvalue weighted by molar-refractivity contribution is 0.0963. The van der Waals surface area contributed by atoms with Crippen LogP contribution in [0, 0.1) is 0 Å². The molecule has 0 unspecified atom stereocenters. The minimum Gasteiger partial charge on any atom is -0.355 e. The molecule has 2 aromatic carbocycles. The second kappa shape index (κ2) is 8.84. The number of guanidine groups is 1. The normalized spacial score (nSPS) is 13.0. The highest BCUT2D eigenvalue weighted by Crippen LogP contribution is 2.27. The van der Waals surface area contributed by atoms with Gasteiger partial charge in [0.1, 0.15) is 0 Å². The number of halogens is 1. The van der Waals surface area contributed by atoms with Gasteiger partial charge in [0.2, 0.25) is 0 Å². The van der Waals surface area contributed by atoms with Crippen molar-refractivity contribution in [2.24, 2.45) is 4.99 Å². The standard InChI is InChI=1S/C19H22N4O.HI/c1-20-18(24)16-8-5-6-14(12-16)13-22-19(21-2)23-11-10-15-7-3-4-9-17(15)23;/h3-9,12H,10-11,13H2,1-2H3,(H,20,24)(H,21,22);1H. The molecule has 0 aliphatic carbocycles. The summed E-state index contributed by atoms with van der Waals surface area (Å²) in [6.07, 6.45) is 1.03. The number of aliphatic imine (C=N–C) groups is 1. The van der Waals surface area contributed by atoms with Gasteiger partial charge in [0.05, 0.1) is 0 Å². The van der Waals surface area contributed by atoms with Crippen molar-refractivity contribution in [1.82, 2.24) is 10.6 Å². The highest BCUT2D eigenvalue weighted by Gasteiger charge is 2.22. The number of anilines is 1. The molecule has 0 spiro atoms. The number of hydrogen-bond acceptors (Lipinski definition) is 2. The van der Waals surface area contributed by atoms with Gasteiger partial charge in [-0.3, -0.25) is 9.79 Å². The van der Waals surface area contributed by atoms with Crippen LogP contribution in [0.1, 0.15) is 21.5 Å². The number of carbonyl (C=O) groups excluding carboxylic acids is 1. The third kappa shape index (κ3) is 4.31. The number of para-hydroxylation sites is 1. The van der Waals surface area contributed by atoms with Gasteiger partial charge >= 0.3 is 0 Å². The summed E-state index contributed by atoms with van der Waals surface area (Å²) in [4.78, 5) is 18.4. The van der Waals surface area contributed by atoms with E-state index in [0.717, 1.165) is 24.5 Å². The molecule has 2 N–H and O–H groups in total. The van der Waals surface area contributed by atoms with E-state index < -0.39 is 0 Å². The largest absolute Gasteiger partial charge is 0.355 e. The predicted octanol–water partition coefficient (Wildman–Crippen LogP) is 2.80. The first kappa shape index (κ1) is 19.2. The number of nitrogens with one attached hydrogen (secondary N) is 2. The molecule has 0 radical (unpaired) electrons. The van der Waals surface area contributed by atoms with Crippen LogP contribution in [0.5, 0.6) is 0 Å². The van der Waals surface area contributed by atoms with Gasteiger partial charge in [0, 0.05) is 38.4 Å². The van der Waals surface area contributed by atoms with Gasteiger partial charge in [0.15, 0.2) is 5.96 Å². The van der Waals surface area contributed by atoms with Gasteiger partial charge in [-0.05, 0) is 35.7 Å². The van der Waals surface area contributed by atoms with Crippen molar-refractivity contribution in [3.05, 3.63) is 65.2 Å². The van der Waals surface area contributed by atoms with E-state index >= 15 is 0 Å². The van der Waals surface area contributed by atoms with Crippen molar-refractivity contribution in [3.8, 4) is 0 Å². The molecular weight excluding hydrogens is 427 g/mol. The molecule has 0 atom stereocenters. The Morgan fingerprint density at radius 2 is 2.00 bits per heavy atom.